The molecule has 2 aromatic carbocycles. The van der Waals surface area contributed by atoms with Crippen molar-refractivity contribution < 1.29 is 13.2 Å². The molecule has 0 aromatic heterocycles. The Kier molecular flexibility index (Phi) is 5.74. The number of amides is 1. The van der Waals surface area contributed by atoms with E-state index < -0.39 is 9.84 Å². The minimum atomic E-state index is -3.26. The first kappa shape index (κ1) is 18.6. The number of carbonyl (C=O) groups is 1. The topological polar surface area (TPSA) is 66.5 Å². The van der Waals surface area contributed by atoms with E-state index in [0.29, 0.717) is 12.1 Å². The van der Waals surface area contributed by atoms with Crippen LogP contribution in [0.2, 0.25) is 0 Å². The first-order chi connectivity index (χ1) is 12.4. The normalized spacial score (nSPS) is 16.3. The van der Waals surface area contributed by atoms with Crippen molar-refractivity contribution in [2.45, 2.75) is 23.8 Å². The molecule has 1 amide bonds. The van der Waals surface area contributed by atoms with Crippen LogP contribution in [0, 0.1) is 0 Å². The van der Waals surface area contributed by atoms with Crippen LogP contribution >= 0.6 is 0 Å². The Hall–Kier alpha value is -2.18. The molecule has 6 heteroatoms. The third-order valence-corrected chi connectivity index (χ3v) is 5.89. The summed E-state index contributed by atoms with van der Waals surface area (Å²) in [4.78, 5) is 15.1. The molecule has 1 fully saturated rings. The van der Waals surface area contributed by atoms with Gasteiger partial charge in [0, 0.05) is 18.4 Å². The molecule has 2 aromatic rings. The Labute approximate surface area is 154 Å². The maximum atomic E-state index is 12.5. The van der Waals surface area contributed by atoms with E-state index in [1.54, 1.807) is 12.1 Å². The molecule has 5 nitrogen and oxygen atoms in total. The molecule has 3 rings (SSSR count). The lowest BCUT2D eigenvalue weighted by Gasteiger charge is -2.28. The number of carbonyl (C=O) groups excluding carboxylic acids is 1. The minimum absolute atomic E-state index is 0.151. The molecule has 0 spiro atoms. The highest BCUT2D eigenvalue weighted by molar-refractivity contribution is 7.90. The number of nitrogens with one attached hydrogen (secondary N) is 1. The van der Waals surface area contributed by atoms with Gasteiger partial charge in [0.25, 0.3) is 5.91 Å². The van der Waals surface area contributed by atoms with Crippen LogP contribution in [0.15, 0.2) is 59.5 Å². The smallest absolute Gasteiger partial charge is 0.251 e. The Morgan fingerprint density at radius 3 is 2.23 bits per heavy atom. The van der Waals surface area contributed by atoms with Crippen molar-refractivity contribution in [1.82, 2.24) is 10.2 Å². The molecule has 26 heavy (non-hydrogen) atoms. The van der Waals surface area contributed by atoms with Gasteiger partial charge in [0.15, 0.2) is 9.84 Å². The Balaban J connectivity index is 1.69. The maximum Gasteiger partial charge on any atom is 0.251 e. The molecule has 1 saturated heterocycles. The summed E-state index contributed by atoms with van der Waals surface area (Å²) in [6, 6.07) is 16.4. The standard InChI is InChI=1S/C20H24N2O3S/c1-26(24,25)18-11-9-17(10-12-18)20(23)21-15-19(22-13-5-6-14-22)16-7-3-2-4-8-16/h2-4,7-12,19H,5-6,13-15H2,1H3,(H,21,23)/t19-/m1/s1. The number of hydrogen-bond acceptors (Lipinski definition) is 4. The summed E-state index contributed by atoms with van der Waals surface area (Å²) >= 11 is 0. The Bertz CT molecular complexity index is 842. The highest BCUT2D eigenvalue weighted by atomic mass is 32.2. The van der Waals surface area contributed by atoms with Gasteiger partial charge in [-0.05, 0) is 55.8 Å². The summed E-state index contributed by atoms with van der Waals surface area (Å²) in [5, 5.41) is 3.00. The van der Waals surface area contributed by atoms with Gasteiger partial charge in [-0.15, -0.1) is 0 Å². The maximum absolute atomic E-state index is 12.5. The second-order valence-electron chi connectivity index (χ2n) is 6.68. The summed E-state index contributed by atoms with van der Waals surface area (Å²) in [5.74, 6) is -0.190. The number of likely N-dealkylation sites (tertiary alicyclic amines) is 1. The van der Waals surface area contributed by atoms with Gasteiger partial charge in [-0.2, -0.15) is 0 Å². The van der Waals surface area contributed by atoms with Crippen LogP contribution in [0.1, 0.15) is 34.8 Å². The number of rotatable bonds is 6. The number of hydrogen-bond donors (Lipinski definition) is 1. The fraction of sp³-hybridized carbons (Fsp3) is 0.350. The zero-order valence-corrected chi connectivity index (χ0v) is 15.7. The van der Waals surface area contributed by atoms with Gasteiger partial charge in [0.05, 0.1) is 10.9 Å². The van der Waals surface area contributed by atoms with Crippen LogP contribution in [0.4, 0.5) is 0 Å². The largest absolute Gasteiger partial charge is 0.350 e. The van der Waals surface area contributed by atoms with Gasteiger partial charge in [0.2, 0.25) is 0 Å². The van der Waals surface area contributed by atoms with Crippen LogP contribution < -0.4 is 5.32 Å². The third-order valence-electron chi connectivity index (χ3n) is 4.77. The average Bonchev–Trinajstić information content (AvgIpc) is 3.16. The van der Waals surface area contributed by atoms with Crippen molar-refractivity contribution in [3.05, 3.63) is 65.7 Å². The predicted molar refractivity (Wildman–Crippen MR) is 102 cm³/mol. The molecule has 0 unspecified atom stereocenters. The van der Waals surface area contributed by atoms with Gasteiger partial charge >= 0.3 is 0 Å². The Morgan fingerprint density at radius 1 is 1.04 bits per heavy atom. The second-order valence-corrected chi connectivity index (χ2v) is 8.69. The SMILES string of the molecule is CS(=O)(=O)c1ccc(C(=O)NC[C@H](c2ccccc2)N2CCCC2)cc1. The van der Waals surface area contributed by atoms with Gasteiger partial charge < -0.3 is 5.32 Å². The van der Waals surface area contributed by atoms with E-state index in [9.17, 15) is 13.2 Å². The van der Waals surface area contributed by atoms with Crippen molar-refractivity contribution in [3.8, 4) is 0 Å². The third kappa shape index (κ3) is 4.51. The minimum Gasteiger partial charge on any atom is -0.350 e. The summed E-state index contributed by atoms with van der Waals surface area (Å²) in [7, 11) is -3.26. The van der Waals surface area contributed by atoms with Crippen molar-refractivity contribution >= 4 is 15.7 Å². The molecule has 1 N–H and O–H groups in total. The highest BCUT2D eigenvalue weighted by Gasteiger charge is 2.24. The predicted octanol–water partition coefficient (Wildman–Crippen LogP) is 2.66. The fourth-order valence-corrected chi connectivity index (χ4v) is 3.96. The lowest BCUT2D eigenvalue weighted by molar-refractivity contribution is 0.0938. The highest BCUT2D eigenvalue weighted by Crippen LogP contribution is 2.24. The van der Waals surface area contributed by atoms with E-state index in [2.05, 4.69) is 22.3 Å². The van der Waals surface area contributed by atoms with Crippen LogP contribution in [0.25, 0.3) is 0 Å². The van der Waals surface area contributed by atoms with Crippen molar-refractivity contribution in [3.63, 3.8) is 0 Å². The molecule has 0 saturated carbocycles. The van der Waals surface area contributed by atoms with Gasteiger partial charge in [0.1, 0.15) is 0 Å². The molecule has 0 bridgehead atoms. The number of sulfone groups is 1. The average molecular weight is 372 g/mol. The van der Waals surface area contributed by atoms with E-state index >= 15 is 0 Å². The van der Waals surface area contributed by atoms with E-state index in [1.165, 1.54) is 30.5 Å². The summed E-state index contributed by atoms with van der Waals surface area (Å²) in [6.45, 7) is 2.60. The molecule has 1 aliphatic rings. The molecule has 1 heterocycles. The number of benzene rings is 2. The molecule has 138 valence electrons. The van der Waals surface area contributed by atoms with Crippen LogP contribution in [0.3, 0.4) is 0 Å². The fourth-order valence-electron chi connectivity index (χ4n) is 3.33. The van der Waals surface area contributed by atoms with Crippen LogP contribution in [-0.2, 0) is 9.84 Å². The molecular weight excluding hydrogens is 348 g/mol. The first-order valence-electron chi connectivity index (χ1n) is 8.82. The van der Waals surface area contributed by atoms with Crippen LogP contribution in [0.5, 0.6) is 0 Å². The lowest BCUT2D eigenvalue weighted by atomic mass is 10.1. The quantitative estimate of drug-likeness (QED) is 0.847. The van der Waals surface area contributed by atoms with Crippen molar-refractivity contribution in [1.29, 1.82) is 0 Å². The lowest BCUT2D eigenvalue weighted by Crippen LogP contribution is -2.36. The van der Waals surface area contributed by atoms with Crippen molar-refractivity contribution in [2.75, 3.05) is 25.9 Å². The van der Waals surface area contributed by atoms with Gasteiger partial charge in [-0.3, -0.25) is 9.69 Å². The van der Waals surface area contributed by atoms with Crippen LogP contribution in [-0.4, -0.2) is 45.1 Å². The molecule has 0 radical (unpaired) electrons. The summed E-state index contributed by atoms with van der Waals surface area (Å²) in [6.07, 6.45) is 3.52. The zero-order chi connectivity index (χ0) is 18.6. The second kappa shape index (κ2) is 8.01. The summed E-state index contributed by atoms with van der Waals surface area (Å²) in [5.41, 5.74) is 1.66. The van der Waals surface area contributed by atoms with E-state index in [-0.39, 0.29) is 16.8 Å². The van der Waals surface area contributed by atoms with Gasteiger partial charge in [-0.25, -0.2) is 8.42 Å². The number of nitrogens with zero attached hydrogens (tertiary/aromatic N) is 1. The monoisotopic (exact) mass is 372 g/mol. The summed E-state index contributed by atoms with van der Waals surface area (Å²) < 4.78 is 23.1. The van der Waals surface area contributed by atoms with E-state index in [4.69, 9.17) is 0 Å². The first-order valence-corrected chi connectivity index (χ1v) is 10.7. The zero-order valence-electron chi connectivity index (χ0n) is 14.9. The molecular formula is C20H24N2O3S. The molecule has 1 aliphatic heterocycles. The molecule has 1 atom stereocenters. The Morgan fingerprint density at radius 2 is 1.65 bits per heavy atom. The van der Waals surface area contributed by atoms with E-state index in [1.807, 2.05) is 18.2 Å². The molecule has 0 aliphatic carbocycles. The van der Waals surface area contributed by atoms with Gasteiger partial charge in [-0.1, -0.05) is 30.3 Å². The van der Waals surface area contributed by atoms with E-state index in [0.717, 1.165) is 19.3 Å². The van der Waals surface area contributed by atoms with Crippen molar-refractivity contribution in [2.24, 2.45) is 0 Å².